The summed E-state index contributed by atoms with van der Waals surface area (Å²) in [6, 6.07) is -3.67. The van der Waals surface area contributed by atoms with Crippen molar-refractivity contribution in [1.82, 2.24) is 10.6 Å². The molecule has 144 valence electrons. The van der Waals surface area contributed by atoms with Gasteiger partial charge in [0.25, 0.3) is 0 Å². The van der Waals surface area contributed by atoms with Gasteiger partial charge in [0, 0.05) is 0 Å². The van der Waals surface area contributed by atoms with Crippen LogP contribution in [0.2, 0.25) is 0 Å². The fraction of sp³-hybridized carbons (Fsp3) is 0.750. The highest BCUT2D eigenvalue weighted by molar-refractivity contribution is 5.95. The molecule has 9 nitrogen and oxygen atoms in total. The van der Waals surface area contributed by atoms with E-state index in [1.807, 2.05) is 0 Å². The van der Waals surface area contributed by atoms with E-state index >= 15 is 0 Å². The molecule has 0 saturated heterocycles. The Balaban J connectivity index is 5.09. The molecule has 0 rings (SSSR count). The summed E-state index contributed by atoms with van der Waals surface area (Å²) in [6.07, 6.45) is 0. The van der Waals surface area contributed by atoms with Crippen LogP contribution in [0.3, 0.4) is 0 Å². The minimum atomic E-state index is -1.03. The second-order valence-corrected chi connectivity index (χ2v) is 6.78. The lowest BCUT2D eigenvalue weighted by Gasteiger charge is -2.24. The summed E-state index contributed by atoms with van der Waals surface area (Å²) >= 11 is 0. The Morgan fingerprint density at radius 2 is 0.960 bits per heavy atom. The molecule has 0 aromatic carbocycles. The Labute approximate surface area is 148 Å². The Bertz CT molecular complexity index is 459. The third kappa shape index (κ3) is 7.61. The molecule has 0 aliphatic heterocycles. The van der Waals surface area contributed by atoms with Crippen molar-refractivity contribution in [2.24, 2.45) is 23.3 Å². The number of rotatable bonds is 8. The molecule has 0 heterocycles. The lowest BCUT2D eigenvalue weighted by atomic mass is 10.0. The second-order valence-electron chi connectivity index (χ2n) is 6.78. The Morgan fingerprint density at radius 3 is 1.16 bits per heavy atom. The smallest absolute Gasteiger partial charge is 0.336 e. The molecule has 0 bridgehead atoms. The molecule has 0 aromatic heterocycles. The molecular formula is C16H30N4O5. The molecule has 0 aliphatic carbocycles. The fourth-order valence-corrected chi connectivity index (χ4v) is 1.79. The zero-order valence-electron chi connectivity index (χ0n) is 15.7. The van der Waals surface area contributed by atoms with Gasteiger partial charge in [-0.1, -0.05) is 27.7 Å². The van der Waals surface area contributed by atoms with Crippen LogP contribution >= 0.6 is 0 Å². The predicted octanol–water partition coefficient (Wildman–Crippen LogP) is -0.968. The topological polar surface area (TPSA) is 154 Å². The molecule has 4 atom stereocenters. The number of esters is 2. The van der Waals surface area contributed by atoms with Crippen molar-refractivity contribution < 1.29 is 23.9 Å². The largest absolute Gasteiger partial charge is 0.390 e. The lowest BCUT2D eigenvalue weighted by molar-refractivity contribution is -0.165. The van der Waals surface area contributed by atoms with Crippen molar-refractivity contribution in [2.45, 2.75) is 65.7 Å². The number of hydrogen-bond acceptors (Lipinski definition) is 7. The predicted molar refractivity (Wildman–Crippen MR) is 91.9 cm³/mol. The molecule has 0 aromatic rings. The SMILES string of the molecule is CC(C)[C@H](NC(=O)[C@H](C)N)C(=O)OC(=O)[C@@H](NC(=O)[C@H](C)N)C(C)C. The third-order valence-electron chi connectivity index (χ3n) is 3.47. The minimum absolute atomic E-state index is 0.320. The van der Waals surface area contributed by atoms with E-state index < -0.39 is 47.9 Å². The second kappa shape index (κ2) is 10.1. The maximum Gasteiger partial charge on any atom is 0.336 e. The van der Waals surface area contributed by atoms with Crippen LogP contribution in [0, 0.1) is 11.8 Å². The minimum Gasteiger partial charge on any atom is -0.390 e. The highest BCUT2D eigenvalue weighted by atomic mass is 16.6. The Kier molecular flexibility index (Phi) is 9.29. The summed E-state index contributed by atoms with van der Waals surface area (Å²) in [5.74, 6) is -3.52. The molecule has 0 spiro atoms. The van der Waals surface area contributed by atoms with Gasteiger partial charge >= 0.3 is 11.9 Å². The summed E-state index contributed by atoms with van der Waals surface area (Å²) in [5.41, 5.74) is 10.9. The van der Waals surface area contributed by atoms with Crippen LogP contribution in [0.4, 0.5) is 0 Å². The van der Waals surface area contributed by atoms with Crippen LogP contribution in [-0.4, -0.2) is 47.9 Å². The van der Waals surface area contributed by atoms with Gasteiger partial charge in [0.1, 0.15) is 12.1 Å². The van der Waals surface area contributed by atoms with Crippen molar-refractivity contribution in [3.8, 4) is 0 Å². The molecule has 0 radical (unpaired) electrons. The average Bonchev–Trinajstić information content (AvgIpc) is 2.47. The van der Waals surface area contributed by atoms with Crippen molar-refractivity contribution in [2.75, 3.05) is 0 Å². The number of amides is 2. The Morgan fingerprint density at radius 1 is 0.680 bits per heavy atom. The molecule has 0 fully saturated rings. The van der Waals surface area contributed by atoms with E-state index in [2.05, 4.69) is 10.6 Å². The molecule has 9 heteroatoms. The maximum absolute atomic E-state index is 12.3. The molecule has 0 saturated carbocycles. The van der Waals surface area contributed by atoms with Crippen LogP contribution in [0.5, 0.6) is 0 Å². The van der Waals surface area contributed by atoms with Gasteiger partial charge in [0.05, 0.1) is 12.1 Å². The van der Waals surface area contributed by atoms with Crippen LogP contribution in [0.15, 0.2) is 0 Å². The van der Waals surface area contributed by atoms with Crippen molar-refractivity contribution in [3.63, 3.8) is 0 Å². The highest BCUT2D eigenvalue weighted by Crippen LogP contribution is 2.09. The zero-order valence-corrected chi connectivity index (χ0v) is 15.7. The average molecular weight is 358 g/mol. The third-order valence-corrected chi connectivity index (χ3v) is 3.47. The normalized spacial score (nSPS) is 15.9. The van der Waals surface area contributed by atoms with Crippen LogP contribution in [0.25, 0.3) is 0 Å². The van der Waals surface area contributed by atoms with E-state index in [4.69, 9.17) is 16.2 Å². The fourth-order valence-electron chi connectivity index (χ4n) is 1.79. The summed E-state index contributed by atoms with van der Waals surface area (Å²) in [5, 5.41) is 4.90. The van der Waals surface area contributed by atoms with E-state index in [1.54, 1.807) is 27.7 Å². The van der Waals surface area contributed by atoms with Crippen LogP contribution in [-0.2, 0) is 23.9 Å². The first kappa shape index (κ1) is 23.0. The number of nitrogens with one attached hydrogen (secondary N) is 2. The van der Waals surface area contributed by atoms with Gasteiger partial charge in [-0.15, -0.1) is 0 Å². The number of nitrogens with two attached hydrogens (primary N) is 2. The molecule has 25 heavy (non-hydrogen) atoms. The van der Waals surface area contributed by atoms with Crippen molar-refractivity contribution in [1.29, 1.82) is 0 Å². The van der Waals surface area contributed by atoms with E-state index in [0.717, 1.165) is 0 Å². The first-order chi connectivity index (χ1) is 11.4. The quantitative estimate of drug-likeness (QED) is 0.321. The number of hydrogen-bond donors (Lipinski definition) is 4. The van der Waals surface area contributed by atoms with Crippen LogP contribution in [0.1, 0.15) is 41.5 Å². The van der Waals surface area contributed by atoms with E-state index in [0.29, 0.717) is 0 Å². The lowest BCUT2D eigenvalue weighted by Crippen LogP contribution is -2.53. The van der Waals surface area contributed by atoms with E-state index in [9.17, 15) is 19.2 Å². The van der Waals surface area contributed by atoms with Gasteiger partial charge in [-0.05, 0) is 25.7 Å². The number of ether oxygens (including phenoxy) is 1. The van der Waals surface area contributed by atoms with E-state index in [-0.39, 0.29) is 11.8 Å². The van der Waals surface area contributed by atoms with Crippen molar-refractivity contribution in [3.05, 3.63) is 0 Å². The zero-order chi connectivity index (χ0) is 19.9. The first-order valence-electron chi connectivity index (χ1n) is 8.25. The first-order valence-corrected chi connectivity index (χ1v) is 8.25. The number of carbonyl (C=O) groups is 4. The molecular weight excluding hydrogens is 328 g/mol. The van der Waals surface area contributed by atoms with Gasteiger partial charge in [-0.25, -0.2) is 9.59 Å². The molecule has 6 N–H and O–H groups in total. The van der Waals surface area contributed by atoms with E-state index in [1.165, 1.54) is 13.8 Å². The van der Waals surface area contributed by atoms with Gasteiger partial charge < -0.3 is 26.8 Å². The van der Waals surface area contributed by atoms with Gasteiger partial charge in [0.15, 0.2) is 0 Å². The van der Waals surface area contributed by atoms with Crippen LogP contribution < -0.4 is 22.1 Å². The molecule has 0 aliphatic rings. The van der Waals surface area contributed by atoms with Crippen molar-refractivity contribution >= 4 is 23.8 Å². The highest BCUT2D eigenvalue weighted by Gasteiger charge is 2.33. The maximum atomic E-state index is 12.3. The summed E-state index contributed by atoms with van der Waals surface area (Å²) in [4.78, 5) is 47.9. The molecule has 0 unspecified atom stereocenters. The summed E-state index contributed by atoms with van der Waals surface area (Å²) in [7, 11) is 0. The Hall–Kier alpha value is -2.00. The standard InChI is InChI=1S/C16H30N4O5/c1-7(2)11(19-13(21)9(5)17)15(23)25-16(24)12(8(3)4)20-14(22)10(6)18/h7-12H,17-18H2,1-6H3,(H,19,21)(H,20,22)/t9-,10-,11-,12-/m0/s1. The van der Waals surface area contributed by atoms with Gasteiger partial charge in [-0.3, -0.25) is 9.59 Å². The monoisotopic (exact) mass is 358 g/mol. The summed E-state index contributed by atoms with van der Waals surface area (Å²) < 4.78 is 4.87. The van der Waals surface area contributed by atoms with Gasteiger partial charge in [-0.2, -0.15) is 0 Å². The van der Waals surface area contributed by atoms with Gasteiger partial charge in [0.2, 0.25) is 11.8 Å². The molecule has 2 amide bonds. The summed E-state index contributed by atoms with van der Waals surface area (Å²) in [6.45, 7) is 9.71. The number of carbonyl (C=O) groups excluding carboxylic acids is 4.